The molecule has 2 aliphatic rings. The second kappa shape index (κ2) is 6.51. The molecule has 0 radical (unpaired) electrons. The number of ether oxygens (including phenoxy) is 1. The summed E-state index contributed by atoms with van der Waals surface area (Å²) in [5, 5.41) is 13.4. The van der Waals surface area contributed by atoms with E-state index in [0.717, 1.165) is 19.3 Å². The third-order valence-electron chi connectivity index (χ3n) is 3.99. The van der Waals surface area contributed by atoms with Crippen LogP contribution in [0, 0.1) is 0 Å². The number of carbonyl (C=O) groups is 1. The van der Waals surface area contributed by atoms with E-state index in [4.69, 9.17) is 27.9 Å². The van der Waals surface area contributed by atoms with Gasteiger partial charge in [0, 0.05) is 10.6 Å². The number of hydrogen-bond donors (Lipinski definition) is 0. The Bertz CT molecular complexity index is 607. The first kappa shape index (κ1) is 17.2. The molecule has 1 heterocycles. The Kier molecular flexibility index (Phi) is 5.32. The molecule has 1 aromatic carbocycles. The first-order valence-corrected chi connectivity index (χ1v) is 7.40. The fraction of sp³-hybridized carbons (Fsp3) is 0.400. The maximum absolute atomic E-state index is 12.7. The molecule has 3 rings (SSSR count). The van der Waals surface area contributed by atoms with Crippen molar-refractivity contribution in [2.45, 2.75) is 37.7 Å². The van der Waals surface area contributed by atoms with Crippen LogP contribution in [0.25, 0.3) is 5.57 Å². The van der Waals surface area contributed by atoms with Gasteiger partial charge in [0.15, 0.2) is 0 Å². The Hall–Kier alpha value is -0.190. The molecule has 1 aromatic rings. The summed E-state index contributed by atoms with van der Waals surface area (Å²) in [7, 11) is 0. The molecular formula is C15H13Cl2NaO3. The summed E-state index contributed by atoms with van der Waals surface area (Å²) in [5.41, 5.74) is -0.477. The van der Waals surface area contributed by atoms with Crippen LogP contribution in [0.2, 0.25) is 10.0 Å². The quantitative estimate of drug-likeness (QED) is 0.549. The third-order valence-corrected chi connectivity index (χ3v) is 4.54. The van der Waals surface area contributed by atoms with Gasteiger partial charge in [0.25, 0.3) is 0 Å². The Balaban J connectivity index is 0.00000161. The van der Waals surface area contributed by atoms with E-state index in [0.29, 0.717) is 28.5 Å². The van der Waals surface area contributed by atoms with Gasteiger partial charge in [-0.15, -0.1) is 0 Å². The Labute approximate surface area is 155 Å². The predicted octanol–water partition coefficient (Wildman–Crippen LogP) is 0.329. The number of rotatable bonds is 1. The van der Waals surface area contributed by atoms with Crippen LogP contribution in [0.1, 0.15) is 37.7 Å². The molecule has 1 saturated carbocycles. The van der Waals surface area contributed by atoms with Crippen molar-refractivity contribution in [2.24, 2.45) is 0 Å². The van der Waals surface area contributed by atoms with E-state index < -0.39 is 11.6 Å². The molecule has 3 nitrogen and oxygen atoms in total. The van der Waals surface area contributed by atoms with Gasteiger partial charge in [0.2, 0.25) is 0 Å². The third kappa shape index (κ3) is 2.99. The molecule has 1 fully saturated rings. The van der Waals surface area contributed by atoms with E-state index in [-0.39, 0.29) is 40.9 Å². The first-order valence-electron chi connectivity index (χ1n) is 6.64. The molecule has 0 amide bonds. The predicted molar refractivity (Wildman–Crippen MR) is 75.3 cm³/mol. The molecule has 0 N–H and O–H groups in total. The minimum Gasteiger partial charge on any atom is -0.872 e. The maximum Gasteiger partial charge on any atom is 1.00 e. The average Bonchev–Trinajstić information content (AvgIpc) is 2.63. The van der Waals surface area contributed by atoms with Gasteiger partial charge >= 0.3 is 35.5 Å². The summed E-state index contributed by atoms with van der Waals surface area (Å²) in [5.74, 6) is -0.799. The monoisotopic (exact) mass is 334 g/mol. The summed E-state index contributed by atoms with van der Waals surface area (Å²) in [6, 6.07) is 4.74. The second-order valence-electron chi connectivity index (χ2n) is 5.27. The zero-order valence-electron chi connectivity index (χ0n) is 11.7. The standard InChI is InChI=1S/C15H14Cl2O3.Na/c16-9-4-5-10(11(17)8-9)12-13(18)15(20-14(12)19)6-2-1-3-7-15;/h4-5,8,18H,1-3,6-7H2;/q;+1/p-1. The topological polar surface area (TPSA) is 49.4 Å². The minimum absolute atomic E-state index is 0. The fourth-order valence-corrected chi connectivity index (χ4v) is 3.47. The summed E-state index contributed by atoms with van der Waals surface area (Å²) >= 11 is 11.9. The van der Waals surface area contributed by atoms with Gasteiger partial charge in [-0.3, -0.25) is 0 Å². The van der Waals surface area contributed by atoms with E-state index in [9.17, 15) is 9.90 Å². The normalized spacial score (nSPS) is 20.4. The Morgan fingerprint density at radius 1 is 1.14 bits per heavy atom. The summed E-state index contributed by atoms with van der Waals surface area (Å²) in [6.45, 7) is 0. The molecule has 1 aliphatic carbocycles. The molecule has 1 spiro atoms. The van der Waals surface area contributed by atoms with Crippen molar-refractivity contribution in [1.82, 2.24) is 0 Å². The molecule has 6 heteroatoms. The number of carbonyl (C=O) groups excluding carboxylic acids is 1. The summed E-state index contributed by atoms with van der Waals surface area (Å²) in [4.78, 5) is 12.1. The molecule has 0 bridgehead atoms. The molecule has 0 atom stereocenters. The van der Waals surface area contributed by atoms with Gasteiger partial charge in [-0.05, 0) is 37.8 Å². The smallest absolute Gasteiger partial charge is 0.872 e. The van der Waals surface area contributed by atoms with Gasteiger partial charge in [-0.1, -0.05) is 41.4 Å². The maximum atomic E-state index is 12.7. The van der Waals surface area contributed by atoms with Crippen molar-refractivity contribution in [3.8, 4) is 0 Å². The Morgan fingerprint density at radius 2 is 1.81 bits per heavy atom. The van der Waals surface area contributed by atoms with Crippen LogP contribution >= 0.6 is 23.2 Å². The SMILES string of the molecule is O=C1OC2(CCCCC2)C([O-])=C1c1ccc(Cl)cc1Cl.[Na+]. The molecule has 0 unspecified atom stereocenters. The number of hydrogen-bond acceptors (Lipinski definition) is 3. The summed E-state index contributed by atoms with van der Waals surface area (Å²) in [6.07, 6.45) is 4.09. The number of benzene rings is 1. The van der Waals surface area contributed by atoms with Gasteiger partial charge in [-0.25, -0.2) is 4.79 Å². The van der Waals surface area contributed by atoms with Crippen LogP contribution in [-0.4, -0.2) is 11.6 Å². The van der Waals surface area contributed by atoms with Crippen LogP contribution in [0.3, 0.4) is 0 Å². The van der Waals surface area contributed by atoms with E-state index in [1.165, 1.54) is 6.07 Å². The van der Waals surface area contributed by atoms with Crippen molar-refractivity contribution < 1.29 is 44.2 Å². The summed E-state index contributed by atoms with van der Waals surface area (Å²) < 4.78 is 5.44. The fourth-order valence-electron chi connectivity index (χ4n) is 2.97. The molecular weight excluding hydrogens is 322 g/mol. The first-order chi connectivity index (χ1) is 9.53. The molecule has 21 heavy (non-hydrogen) atoms. The van der Waals surface area contributed by atoms with Gasteiger partial charge in [0.05, 0.1) is 10.6 Å². The van der Waals surface area contributed by atoms with Gasteiger partial charge in [-0.2, -0.15) is 0 Å². The van der Waals surface area contributed by atoms with E-state index in [1.54, 1.807) is 12.1 Å². The largest absolute Gasteiger partial charge is 1.00 e. The van der Waals surface area contributed by atoms with E-state index in [2.05, 4.69) is 0 Å². The molecule has 106 valence electrons. The van der Waals surface area contributed by atoms with E-state index in [1.807, 2.05) is 0 Å². The number of esters is 1. The van der Waals surface area contributed by atoms with Crippen LogP contribution in [0.4, 0.5) is 0 Å². The van der Waals surface area contributed by atoms with Crippen LogP contribution in [0.5, 0.6) is 0 Å². The zero-order valence-corrected chi connectivity index (χ0v) is 15.3. The second-order valence-corrected chi connectivity index (χ2v) is 6.12. The molecule has 0 aromatic heterocycles. The minimum atomic E-state index is -0.951. The van der Waals surface area contributed by atoms with Crippen molar-refractivity contribution in [3.05, 3.63) is 39.6 Å². The van der Waals surface area contributed by atoms with Crippen molar-refractivity contribution in [2.75, 3.05) is 0 Å². The molecule has 1 aliphatic heterocycles. The van der Waals surface area contributed by atoms with Crippen molar-refractivity contribution in [3.63, 3.8) is 0 Å². The van der Waals surface area contributed by atoms with Gasteiger partial charge in [0.1, 0.15) is 5.60 Å². The zero-order chi connectivity index (χ0) is 14.3. The van der Waals surface area contributed by atoms with Crippen molar-refractivity contribution >= 4 is 34.7 Å². The average molecular weight is 335 g/mol. The number of halogens is 2. The van der Waals surface area contributed by atoms with Crippen LogP contribution in [0.15, 0.2) is 24.0 Å². The van der Waals surface area contributed by atoms with Crippen LogP contribution in [-0.2, 0) is 9.53 Å². The van der Waals surface area contributed by atoms with E-state index >= 15 is 0 Å². The molecule has 0 saturated heterocycles. The Morgan fingerprint density at radius 3 is 2.43 bits per heavy atom. The van der Waals surface area contributed by atoms with Crippen LogP contribution < -0.4 is 34.7 Å². The van der Waals surface area contributed by atoms with Gasteiger partial charge < -0.3 is 9.84 Å². The van der Waals surface area contributed by atoms with Crippen molar-refractivity contribution in [1.29, 1.82) is 0 Å².